The van der Waals surface area contributed by atoms with E-state index >= 15 is 0 Å². The maximum Gasteiger partial charge on any atom is 0.416 e. The predicted molar refractivity (Wildman–Crippen MR) is 93.5 cm³/mol. The van der Waals surface area contributed by atoms with Gasteiger partial charge in [-0.1, -0.05) is 17.4 Å². The quantitative estimate of drug-likeness (QED) is 0.487. The molecule has 140 valence electrons. The Balaban J connectivity index is 2.10. The smallest absolute Gasteiger partial charge is 0.316 e. The van der Waals surface area contributed by atoms with Gasteiger partial charge in [-0.2, -0.15) is 18.2 Å². The number of nitrogens with zero attached hydrogens (tertiary/aromatic N) is 3. The number of aryl methyl sites for hydroxylation is 1. The van der Waals surface area contributed by atoms with Crippen molar-refractivity contribution in [3.63, 3.8) is 0 Å². The Hall–Kier alpha value is -3.01. The number of hydrogen-bond donors (Lipinski definition) is 0. The molecular weight excluding hydrogens is 383 g/mol. The lowest BCUT2D eigenvalue weighted by Gasteiger charge is -2.06. The number of carbonyl (C=O) groups is 1. The molecule has 3 rings (SSSR count). The molecule has 10 heteroatoms. The number of alkyl halides is 3. The summed E-state index contributed by atoms with van der Waals surface area (Å²) in [4.78, 5) is 27.0. The lowest BCUT2D eigenvalue weighted by atomic mass is 10.1. The van der Waals surface area contributed by atoms with Crippen LogP contribution in [0.15, 0.2) is 47.5 Å². The van der Waals surface area contributed by atoms with E-state index in [2.05, 4.69) is 4.99 Å². The van der Waals surface area contributed by atoms with Gasteiger partial charge in [-0.25, -0.2) is 0 Å². The number of hydrogen-bond acceptors (Lipinski definition) is 4. The minimum Gasteiger partial charge on any atom is -0.316 e. The van der Waals surface area contributed by atoms with Gasteiger partial charge in [-0.3, -0.25) is 14.9 Å². The molecule has 1 aromatic heterocycles. The van der Waals surface area contributed by atoms with Gasteiger partial charge in [0.1, 0.15) is 0 Å². The van der Waals surface area contributed by atoms with E-state index in [9.17, 15) is 28.1 Å². The molecule has 27 heavy (non-hydrogen) atoms. The number of thiazole rings is 1. The van der Waals surface area contributed by atoms with E-state index in [1.807, 2.05) is 0 Å². The Kier molecular flexibility index (Phi) is 4.83. The van der Waals surface area contributed by atoms with Crippen LogP contribution in [0.2, 0.25) is 0 Å². The summed E-state index contributed by atoms with van der Waals surface area (Å²) in [6.07, 6.45) is -4.56. The molecule has 0 radical (unpaired) electrons. The van der Waals surface area contributed by atoms with Gasteiger partial charge in [0.05, 0.1) is 20.7 Å². The average molecular weight is 395 g/mol. The van der Waals surface area contributed by atoms with Crippen molar-refractivity contribution in [1.82, 2.24) is 4.57 Å². The van der Waals surface area contributed by atoms with Crippen molar-refractivity contribution in [1.29, 1.82) is 0 Å². The number of halogens is 3. The third-order valence-electron chi connectivity index (χ3n) is 3.83. The lowest BCUT2D eigenvalue weighted by Crippen LogP contribution is -2.16. The summed E-state index contributed by atoms with van der Waals surface area (Å²) in [6.45, 7) is 2.16. The van der Waals surface area contributed by atoms with Crippen LogP contribution >= 0.6 is 11.3 Å². The monoisotopic (exact) mass is 395 g/mol. The third-order valence-corrected chi connectivity index (χ3v) is 4.89. The molecular formula is C17H12F3N3O3S. The molecule has 0 saturated heterocycles. The molecule has 0 saturated carbocycles. The second-order valence-corrected chi connectivity index (χ2v) is 6.54. The molecule has 0 N–H and O–H groups in total. The second-order valence-electron chi connectivity index (χ2n) is 5.53. The highest BCUT2D eigenvalue weighted by molar-refractivity contribution is 7.16. The number of benzene rings is 2. The van der Waals surface area contributed by atoms with Crippen molar-refractivity contribution in [3.05, 3.63) is 68.5 Å². The molecule has 0 atom stereocenters. The second kappa shape index (κ2) is 6.95. The van der Waals surface area contributed by atoms with Crippen LogP contribution < -0.4 is 4.80 Å². The van der Waals surface area contributed by atoms with Gasteiger partial charge in [0.25, 0.3) is 11.6 Å². The molecule has 0 spiro atoms. The maximum absolute atomic E-state index is 12.8. The molecule has 6 nitrogen and oxygen atoms in total. The summed E-state index contributed by atoms with van der Waals surface area (Å²) in [5, 5.41) is 11.0. The van der Waals surface area contributed by atoms with Gasteiger partial charge >= 0.3 is 6.18 Å². The Labute approximate surface area is 154 Å². The van der Waals surface area contributed by atoms with Crippen LogP contribution in [0.4, 0.5) is 18.9 Å². The number of nitro groups is 1. The standard InChI is InChI=1S/C17H12F3N3O3S/c1-2-22-13-9-12(23(25)26)6-7-14(13)27-16(22)21-15(24)10-4-3-5-11(8-10)17(18,19)20/h3-9H,2H2,1H3. The molecule has 0 fully saturated rings. The van der Waals surface area contributed by atoms with Crippen molar-refractivity contribution < 1.29 is 22.9 Å². The number of non-ortho nitro benzene ring substituents is 1. The fraction of sp³-hybridized carbons (Fsp3) is 0.176. The highest BCUT2D eigenvalue weighted by Gasteiger charge is 2.30. The van der Waals surface area contributed by atoms with Crippen molar-refractivity contribution in [2.75, 3.05) is 0 Å². The highest BCUT2D eigenvalue weighted by atomic mass is 32.1. The zero-order valence-electron chi connectivity index (χ0n) is 13.9. The minimum absolute atomic E-state index is 0.0988. The first kappa shape index (κ1) is 18.8. The highest BCUT2D eigenvalue weighted by Crippen LogP contribution is 2.29. The van der Waals surface area contributed by atoms with E-state index in [0.717, 1.165) is 29.5 Å². The first-order valence-electron chi connectivity index (χ1n) is 7.75. The number of aromatic nitrogens is 1. The molecule has 1 heterocycles. The summed E-state index contributed by atoms with van der Waals surface area (Å²) in [5.41, 5.74) is -0.680. The summed E-state index contributed by atoms with van der Waals surface area (Å²) in [6, 6.07) is 8.31. The summed E-state index contributed by atoms with van der Waals surface area (Å²) in [7, 11) is 0. The maximum atomic E-state index is 12.8. The van der Waals surface area contributed by atoms with E-state index in [1.165, 1.54) is 18.2 Å². The van der Waals surface area contributed by atoms with Gasteiger partial charge in [-0.05, 0) is 31.2 Å². The molecule has 0 bridgehead atoms. The van der Waals surface area contributed by atoms with Crippen LogP contribution in [0, 0.1) is 10.1 Å². The normalized spacial score (nSPS) is 12.5. The number of nitro benzene ring substituents is 1. The fourth-order valence-electron chi connectivity index (χ4n) is 2.54. The predicted octanol–water partition coefficient (Wildman–Crippen LogP) is 4.39. The van der Waals surface area contributed by atoms with Crippen LogP contribution in [0.5, 0.6) is 0 Å². The van der Waals surface area contributed by atoms with Crippen molar-refractivity contribution >= 4 is 33.1 Å². The third kappa shape index (κ3) is 3.75. The van der Waals surface area contributed by atoms with E-state index in [0.29, 0.717) is 16.8 Å². The summed E-state index contributed by atoms with van der Waals surface area (Å²) < 4.78 is 40.7. The van der Waals surface area contributed by atoms with Crippen LogP contribution in [0.3, 0.4) is 0 Å². The largest absolute Gasteiger partial charge is 0.416 e. The molecule has 1 amide bonds. The van der Waals surface area contributed by atoms with E-state index in [1.54, 1.807) is 17.6 Å². The number of carbonyl (C=O) groups excluding carboxylic acids is 1. The summed E-state index contributed by atoms with van der Waals surface area (Å²) >= 11 is 1.13. The Morgan fingerprint density at radius 1 is 1.26 bits per heavy atom. The molecule has 0 aliphatic heterocycles. The van der Waals surface area contributed by atoms with Gasteiger partial charge in [0, 0.05) is 24.2 Å². The lowest BCUT2D eigenvalue weighted by molar-refractivity contribution is -0.384. The van der Waals surface area contributed by atoms with Gasteiger partial charge in [-0.15, -0.1) is 0 Å². The number of fused-ring (bicyclic) bond motifs is 1. The number of rotatable bonds is 3. The molecule has 0 unspecified atom stereocenters. The average Bonchev–Trinajstić information content (AvgIpc) is 2.97. The van der Waals surface area contributed by atoms with E-state index in [4.69, 9.17) is 0 Å². The zero-order valence-corrected chi connectivity index (χ0v) is 14.7. The van der Waals surface area contributed by atoms with Crippen LogP contribution in [0.1, 0.15) is 22.8 Å². The SMILES string of the molecule is CCn1c(=NC(=O)c2cccc(C(F)(F)F)c2)sc2ccc([N+](=O)[O-])cc21. The van der Waals surface area contributed by atoms with Gasteiger partial charge in [0.2, 0.25) is 0 Å². The first-order chi connectivity index (χ1) is 12.7. The first-order valence-corrected chi connectivity index (χ1v) is 8.56. The van der Waals surface area contributed by atoms with Crippen LogP contribution in [0.25, 0.3) is 10.2 Å². The van der Waals surface area contributed by atoms with Crippen LogP contribution in [-0.2, 0) is 12.7 Å². The van der Waals surface area contributed by atoms with Gasteiger partial charge in [0.15, 0.2) is 4.80 Å². The van der Waals surface area contributed by atoms with E-state index < -0.39 is 22.6 Å². The van der Waals surface area contributed by atoms with Crippen molar-refractivity contribution in [3.8, 4) is 0 Å². The Bertz CT molecular complexity index is 1120. The Morgan fingerprint density at radius 2 is 2.00 bits per heavy atom. The summed E-state index contributed by atoms with van der Waals surface area (Å²) in [5.74, 6) is -0.815. The van der Waals surface area contributed by atoms with Crippen molar-refractivity contribution in [2.24, 2.45) is 4.99 Å². The van der Waals surface area contributed by atoms with Crippen molar-refractivity contribution in [2.45, 2.75) is 19.6 Å². The van der Waals surface area contributed by atoms with E-state index in [-0.39, 0.29) is 16.1 Å². The number of amides is 1. The molecule has 3 aromatic rings. The Morgan fingerprint density at radius 3 is 2.63 bits per heavy atom. The molecule has 0 aliphatic rings. The minimum atomic E-state index is -4.56. The zero-order chi connectivity index (χ0) is 19.8. The molecule has 2 aromatic carbocycles. The fourth-order valence-corrected chi connectivity index (χ4v) is 3.61. The van der Waals surface area contributed by atoms with Crippen LogP contribution in [-0.4, -0.2) is 15.4 Å². The van der Waals surface area contributed by atoms with Gasteiger partial charge < -0.3 is 4.57 Å². The molecule has 0 aliphatic carbocycles. The topological polar surface area (TPSA) is 77.5 Å².